The van der Waals surface area contributed by atoms with Gasteiger partial charge in [-0.1, -0.05) is 41.4 Å². The number of carbonyl (C=O) groups is 1. The van der Waals surface area contributed by atoms with Crippen LogP contribution in [-0.2, 0) is 17.8 Å². The van der Waals surface area contributed by atoms with Crippen LogP contribution in [0.4, 0.5) is 4.39 Å². The van der Waals surface area contributed by atoms with Crippen LogP contribution in [0.2, 0.25) is 10.0 Å². The van der Waals surface area contributed by atoms with E-state index in [9.17, 15) is 9.18 Å². The van der Waals surface area contributed by atoms with Crippen molar-refractivity contribution in [3.63, 3.8) is 0 Å². The monoisotopic (exact) mass is 456 g/mol. The van der Waals surface area contributed by atoms with Crippen molar-refractivity contribution in [2.24, 2.45) is 0 Å². The molecule has 0 fully saturated rings. The van der Waals surface area contributed by atoms with Crippen molar-refractivity contribution in [3.8, 4) is 0 Å². The maximum Gasteiger partial charge on any atom is 0.243 e. The van der Waals surface area contributed by atoms with Crippen molar-refractivity contribution < 1.29 is 9.18 Å². The van der Waals surface area contributed by atoms with E-state index in [0.29, 0.717) is 39.9 Å². The van der Waals surface area contributed by atoms with Gasteiger partial charge in [-0.15, -0.1) is 0 Å². The van der Waals surface area contributed by atoms with Crippen LogP contribution in [0.15, 0.2) is 60.8 Å². The maximum atomic E-state index is 13.3. The molecule has 2 aromatic carbocycles. The minimum Gasteiger partial charge on any atom is -0.349 e. The molecule has 1 N–H and O–H groups in total. The Balaban J connectivity index is 1.68. The summed E-state index contributed by atoms with van der Waals surface area (Å²) in [4.78, 5) is 21.9. The third-order valence-electron chi connectivity index (χ3n) is 5.02. The molecular formula is C23H19Cl2FN4O. The summed E-state index contributed by atoms with van der Waals surface area (Å²) >= 11 is 12.4. The third-order valence-corrected chi connectivity index (χ3v) is 5.74. The number of hydrogen-bond donors (Lipinski definition) is 1. The zero-order valence-corrected chi connectivity index (χ0v) is 18.2. The number of amides is 1. The van der Waals surface area contributed by atoms with Gasteiger partial charge >= 0.3 is 0 Å². The molecule has 0 saturated heterocycles. The smallest absolute Gasteiger partial charge is 0.243 e. The first-order chi connectivity index (χ1) is 14.9. The average Bonchev–Trinajstić information content (AvgIpc) is 3.10. The number of imidazole rings is 1. The Kier molecular flexibility index (Phi) is 6.20. The summed E-state index contributed by atoms with van der Waals surface area (Å²) in [5.41, 5.74) is 2.97. The van der Waals surface area contributed by atoms with E-state index in [1.165, 1.54) is 12.1 Å². The molecule has 1 amide bonds. The largest absolute Gasteiger partial charge is 0.349 e. The Hall–Kier alpha value is -2.96. The number of nitrogens with zero attached hydrogens (tertiary/aromatic N) is 3. The second kappa shape index (κ2) is 9.04. The SMILES string of the molecule is C[C@@H](C(=O)NCc1ccccn1)n1c(Cc2ccc(F)cc2)nc2cc(Cl)c(Cl)cc21. The van der Waals surface area contributed by atoms with Gasteiger partial charge in [-0.2, -0.15) is 0 Å². The van der Waals surface area contributed by atoms with Gasteiger partial charge in [-0.25, -0.2) is 9.37 Å². The molecule has 2 heterocycles. The summed E-state index contributed by atoms with van der Waals surface area (Å²) in [5.74, 6) is 0.162. The Labute approximate surface area is 188 Å². The van der Waals surface area contributed by atoms with Crippen molar-refractivity contribution in [3.05, 3.63) is 93.7 Å². The molecule has 2 aromatic heterocycles. The summed E-state index contributed by atoms with van der Waals surface area (Å²) in [6, 6.07) is 14.6. The number of benzene rings is 2. The summed E-state index contributed by atoms with van der Waals surface area (Å²) in [6.45, 7) is 2.11. The number of carbonyl (C=O) groups excluding carboxylic acids is 1. The minimum absolute atomic E-state index is 0.184. The van der Waals surface area contributed by atoms with Crippen LogP contribution in [0.3, 0.4) is 0 Å². The van der Waals surface area contributed by atoms with Gasteiger partial charge in [0.1, 0.15) is 17.7 Å². The number of pyridine rings is 1. The molecule has 0 spiro atoms. The number of fused-ring (bicyclic) bond motifs is 1. The predicted octanol–water partition coefficient (Wildman–Crippen LogP) is 5.35. The third kappa shape index (κ3) is 4.70. The van der Waals surface area contributed by atoms with Gasteiger partial charge < -0.3 is 9.88 Å². The molecule has 5 nitrogen and oxygen atoms in total. The van der Waals surface area contributed by atoms with Gasteiger partial charge in [0.05, 0.1) is 33.3 Å². The minimum atomic E-state index is -0.568. The summed E-state index contributed by atoms with van der Waals surface area (Å²) < 4.78 is 15.2. The van der Waals surface area contributed by atoms with Gasteiger partial charge in [0, 0.05) is 12.6 Å². The van der Waals surface area contributed by atoms with Crippen molar-refractivity contribution >= 4 is 40.1 Å². The standard InChI is InChI=1S/C23H19Cl2FN4O/c1-14(23(31)28-13-17-4-2-3-9-27-17)30-21-12-19(25)18(24)11-20(21)29-22(30)10-15-5-7-16(26)8-6-15/h2-9,11-12,14H,10,13H2,1H3,(H,28,31)/t14-/m0/s1. The molecule has 0 aliphatic carbocycles. The summed E-state index contributed by atoms with van der Waals surface area (Å²) in [5, 5.41) is 3.69. The molecule has 1 atom stereocenters. The van der Waals surface area contributed by atoms with Crippen molar-refractivity contribution in [1.29, 1.82) is 0 Å². The fourth-order valence-electron chi connectivity index (χ4n) is 3.43. The topological polar surface area (TPSA) is 59.8 Å². The van der Waals surface area contributed by atoms with E-state index in [2.05, 4.69) is 15.3 Å². The quantitative estimate of drug-likeness (QED) is 0.425. The van der Waals surface area contributed by atoms with E-state index in [1.54, 1.807) is 37.4 Å². The molecule has 0 aliphatic heterocycles. The van der Waals surface area contributed by atoms with Crippen molar-refractivity contribution in [1.82, 2.24) is 19.9 Å². The number of rotatable bonds is 6. The first-order valence-electron chi connectivity index (χ1n) is 9.70. The lowest BCUT2D eigenvalue weighted by atomic mass is 10.1. The average molecular weight is 457 g/mol. The fourth-order valence-corrected chi connectivity index (χ4v) is 3.74. The van der Waals surface area contributed by atoms with Crippen LogP contribution in [0.25, 0.3) is 11.0 Å². The highest BCUT2D eigenvalue weighted by atomic mass is 35.5. The molecule has 0 unspecified atom stereocenters. The molecule has 0 aliphatic rings. The molecule has 4 rings (SSSR count). The van der Waals surface area contributed by atoms with E-state index >= 15 is 0 Å². The maximum absolute atomic E-state index is 13.3. The lowest BCUT2D eigenvalue weighted by molar-refractivity contribution is -0.124. The Bertz CT molecular complexity index is 1230. The second-order valence-corrected chi connectivity index (χ2v) is 7.99. The van der Waals surface area contributed by atoms with Crippen LogP contribution in [-0.4, -0.2) is 20.4 Å². The van der Waals surface area contributed by atoms with E-state index in [0.717, 1.165) is 11.3 Å². The van der Waals surface area contributed by atoms with Gasteiger partial charge in [-0.3, -0.25) is 9.78 Å². The molecule has 0 bridgehead atoms. The fraction of sp³-hybridized carbons (Fsp3) is 0.174. The van der Waals surface area contributed by atoms with Crippen LogP contribution < -0.4 is 5.32 Å². The molecule has 31 heavy (non-hydrogen) atoms. The zero-order chi connectivity index (χ0) is 22.0. The number of hydrogen-bond acceptors (Lipinski definition) is 3. The van der Waals surface area contributed by atoms with E-state index in [4.69, 9.17) is 23.2 Å². The highest BCUT2D eigenvalue weighted by Gasteiger charge is 2.22. The Morgan fingerprint density at radius 1 is 1.13 bits per heavy atom. The van der Waals surface area contributed by atoms with Crippen LogP contribution >= 0.6 is 23.2 Å². The van der Waals surface area contributed by atoms with Crippen LogP contribution in [0.1, 0.15) is 30.0 Å². The van der Waals surface area contributed by atoms with Crippen molar-refractivity contribution in [2.45, 2.75) is 25.9 Å². The Morgan fingerprint density at radius 3 is 2.58 bits per heavy atom. The van der Waals surface area contributed by atoms with E-state index in [-0.39, 0.29) is 11.7 Å². The molecular weight excluding hydrogens is 438 g/mol. The molecule has 158 valence electrons. The first kappa shape index (κ1) is 21.3. The number of aromatic nitrogens is 3. The lowest BCUT2D eigenvalue weighted by Crippen LogP contribution is -2.31. The first-order valence-corrected chi connectivity index (χ1v) is 10.5. The van der Waals surface area contributed by atoms with Crippen molar-refractivity contribution in [2.75, 3.05) is 0 Å². The Morgan fingerprint density at radius 2 is 1.87 bits per heavy atom. The van der Waals surface area contributed by atoms with Gasteiger partial charge in [0.25, 0.3) is 0 Å². The van der Waals surface area contributed by atoms with Gasteiger partial charge in [0.2, 0.25) is 5.91 Å². The summed E-state index contributed by atoms with van der Waals surface area (Å²) in [7, 11) is 0. The summed E-state index contributed by atoms with van der Waals surface area (Å²) in [6.07, 6.45) is 2.10. The van der Waals surface area contributed by atoms with E-state index in [1.807, 2.05) is 22.8 Å². The highest BCUT2D eigenvalue weighted by molar-refractivity contribution is 6.42. The van der Waals surface area contributed by atoms with Crippen LogP contribution in [0.5, 0.6) is 0 Å². The van der Waals surface area contributed by atoms with Crippen LogP contribution in [0, 0.1) is 5.82 Å². The predicted molar refractivity (Wildman–Crippen MR) is 120 cm³/mol. The number of halogens is 3. The normalized spacial score (nSPS) is 12.1. The van der Waals surface area contributed by atoms with Gasteiger partial charge in [-0.05, 0) is 48.9 Å². The van der Waals surface area contributed by atoms with E-state index < -0.39 is 6.04 Å². The molecule has 4 aromatic rings. The number of nitrogens with one attached hydrogen (secondary N) is 1. The highest BCUT2D eigenvalue weighted by Crippen LogP contribution is 2.31. The van der Waals surface area contributed by atoms with Gasteiger partial charge in [0.15, 0.2) is 0 Å². The lowest BCUT2D eigenvalue weighted by Gasteiger charge is -2.18. The zero-order valence-electron chi connectivity index (χ0n) is 16.6. The molecule has 0 radical (unpaired) electrons. The second-order valence-electron chi connectivity index (χ2n) is 7.17. The molecule has 8 heteroatoms. The molecule has 0 saturated carbocycles.